The van der Waals surface area contributed by atoms with Gasteiger partial charge in [0, 0.05) is 26.2 Å². The molecule has 0 atom stereocenters. The lowest BCUT2D eigenvalue weighted by Crippen LogP contribution is -2.37. The van der Waals surface area contributed by atoms with E-state index in [1.807, 2.05) is 4.90 Å². The van der Waals surface area contributed by atoms with Crippen molar-refractivity contribution in [2.75, 3.05) is 43.6 Å². The SMILES string of the molecule is Cc1cc(CN(C)C(=O)Nc2cc(C(F)(F)F)ccc2N2CCOCC2)no1. The third-order valence-corrected chi connectivity index (χ3v) is 4.34. The Hall–Kier alpha value is -2.75. The summed E-state index contributed by atoms with van der Waals surface area (Å²) in [5.41, 5.74) is 0.349. The van der Waals surface area contributed by atoms with E-state index in [2.05, 4.69) is 10.5 Å². The Labute approximate surface area is 160 Å². The number of carbonyl (C=O) groups excluding carboxylic acids is 1. The number of nitrogens with one attached hydrogen (secondary N) is 1. The van der Waals surface area contributed by atoms with Crippen LogP contribution in [0.1, 0.15) is 17.0 Å². The van der Waals surface area contributed by atoms with Crippen LogP contribution >= 0.6 is 0 Å². The van der Waals surface area contributed by atoms with Crippen LogP contribution in [0.2, 0.25) is 0 Å². The number of anilines is 2. The Morgan fingerprint density at radius 3 is 2.61 bits per heavy atom. The highest BCUT2D eigenvalue weighted by Gasteiger charge is 2.32. The number of halogens is 3. The fourth-order valence-electron chi connectivity index (χ4n) is 2.91. The molecule has 0 bridgehead atoms. The van der Waals surface area contributed by atoms with Crippen LogP contribution in [0.4, 0.5) is 29.3 Å². The molecule has 10 heteroatoms. The molecule has 0 saturated carbocycles. The van der Waals surface area contributed by atoms with Crippen LogP contribution in [0.5, 0.6) is 0 Å². The van der Waals surface area contributed by atoms with Gasteiger partial charge in [-0.1, -0.05) is 5.16 Å². The van der Waals surface area contributed by atoms with E-state index in [9.17, 15) is 18.0 Å². The van der Waals surface area contributed by atoms with E-state index in [-0.39, 0.29) is 12.2 Å². The van der Waals surface area contributed by atoms with E-state index in [1.165, 1.54) is 18.0 Å². The molecule has 2 heterocycles. The van der Waals surface area contributed by atoms with Gasteiger partial charge in [-0.25, -0.2) is 4.79 Å². The van der Waals surface area contributed by atoms with Crippen LogP contribution in [0.15, 0.2) is 28.8 Å². The van der Waals surface area contributed by atoms with Gasteiger partial charge in [0.05, 0.1) is 36.7 Å². The minimum Gasteiger partial charge on any atom is -0.378 e. The van der Waals surface area contributed by atoms with Gasteiger partial charge >= 0.3 is 12.2 Å². The summed E-state index contributed by atoms with van der Waals surface area (Å²) in [6, 6.07) is 4.49. The second-order valence-corrected chi connectivity index (χ2v) is 6.54. The molecule has 28 heavy (non-hydrogen) atoms. The van der Waals surface area contributed by atoms with Crippen molar-refractivity contribution in [3.05, 3.63) is 41.3 Å². The summed E-state index contributed by atoms with van der Waals surface area (Å²) in [6.45, 7) is 3.90. The average molecular weight is 398 g/mol. The second kappa shape index (κ2) is 8.09. The first-order chi connectivity index (χ1) is 13.2. The van der Waals surface area contributed by atoms with Crippen molar-refractivity contribution in [3.63, 3.8) is 0 Å². The number of hydrogen-bond acceptors (Lipinski definition) is 5. The standard InChI is InChI=1S/C18H21F3N4O3/c1-12-9-14(23-28-12)11-24(2)17(26)22-15-10-13(18(19,20)21)3-4-16(15)25-5-7-27-8-6-25/h3-4,9-10H,5-8,11H2,1-2H3,(H,22,26). The molecule has 0 radical (unpaired) electrons. The Morgan fingerprint density at radius 1 is 1.29 bits per heavy atom. The van der Waals surface area contributed by atoms with Crippen molar-refractivity contribution in [2.45, 2.75) is 19.6 Å². The van der Waals surface area contributed by atoms with Gasteiger partial charge in [-0.2, -0.15) is 13.2 Å². The first kappa shape index (κ1) is 20.0. The lowest BCUT2D eigenvalue weighted by atomic mass is 10.1. The highest BCUT2D eigenvalue weighted by Crippen LogP contribution is 2.36. The molecule has 1 aromatic heterocycles. The molecule has 1 aliphatic rings. The van der Waals surface area contributed by atoms with Gasteiger partial charge in [0.1, 0.15) is 11.5 Å². The van der Waals surface area contributed by atoms with Crippen LogP contribution in [0, 0.1) is 6.92 Å². The van der Waals surface area contributed by atoms with Gasteiger partial charge in [0.25, 0.3) is 0 Å². The fraction of sp³-hybridized carbons (Fsp3) is 0.444. The molecule has 152 valence electrons. The summed E-state index contributed by atoms with van der Waals surface area (Å²) in [7, 11) is 1.53. The number of morpholine rings is 1. The number of urea groups is 1. The number of benzene rings is 1. The predicted octanol–water partition coefficient (Wildman–Crippen LogP) is 3.50. The normalized spacial score (nSPS) is 14.8. The summed E-state index contributed by atoms with van der Waals surface area (Å²) < 4.78 is 49.7. The van der Waals surface area contributed by atoms with Crippen molar-refractivity contribution in [3.8, 4) is 0 Å². The number of rotatable bonds is 4. The molecule has 1 aliphatic heterocycles. The molecule has 3 rings (SSSR count). The fourth-order valence-corrected chi connectivity index (χ4v) is 2.91. The number of alkyl halides is 3. The Bertz CT molecular complexity index is 832. The zero-order valence-electron chi connectivity index (χ0n) is 15.5. The van der Waals surface area contributed by atoms with Crippen LogP contribution in [-0.2, 0) is 17.5 Å². The molecule has 0 aliphatic carbocycles. The van der Waals surface area contributed by atoms with Gasteiger partial charge < -0.3 is 24.4 Å². The second-order valence-electron chi connectivity index (χ2n) is 6.54. The van der Waals surface area contributed by atoms with Crippen LogP contribution in [-0.4, -0.2) is 49.4 Å². The van der Waals surface area contributed by atoms with Crippen LogP contribution < -0.4 is 10.2 Å². The first-order valence-electron chi connectivity index (χ1n) is 8.72. The summed E-state index contributed by atoms with van der Waals surface area (Å²) in [5.74, 6) is 0.608. The average Bonchev–Trinajstić information content (AvgIpc) is 3.06. The van der Waals surface area contributed by atoms with Crippen molar-refractivity contribution in [1.29, 1.82) is 0 Å². The number of ether oxygens (including phenoxy) is 1. The summed E-state index contributed by atoms with van der Waals surface area (Å²) in [5, 5.41) is 6.41. The lowest BCUT2D eigenvalue weighted by Gasteiger charge is -2.31. The van der Waals surface area contributed by atoms with Crippen molar-refractivity contribution in [2.24, 2.45) is 0 Å². The monoisotopic (exact) mass is 398 g/mol. The Balaban J connectivity index is 1.81. The quantitative estimate of drug-likeness (QED) is 0.854. The zero-order valence-corrected chi connectivity index (χ0v) is 15.5. The maximum absolute atomic E-state index is 13.2. The van der Waals surface area contributed by atoms with Crippen LogP contribution in [0.25, 0.3) is 0 Å². The van der Waals surface area contributed by atoms with Crippen molar-refractivity contribution in [1.82, 2.24) is 10.1 Å². The van der Waals surface area contributed by atoms with Gasteiger partial charge in [-0.15, -0.1) is 0 Å². The molecule has 0 spiro atoms. The van der Waals surface area contributed by atoms with Crippen molar-refractivity contribution >= 4 is 17.4 Å². The van der Waals surface area contributed by atoms with E-state index in [0.717, 1.165) is 12.1 Å². The number of hydrogen-bond donors (Lipinski definition) is 1. The van der Waals surface area contributed by atoms with Gasteiger partial charge in [0.2, 0.25) is 0 Å². The molecule has 1 N–H and O–H groups in total. The third-order valence-electron chi connectivity index (χ3n) is 4.34. The lowest BCUT2D eigenvalue weighted by molar-refractivity contribution is -0.137. The molecule has 1 saturated heterocycles. The number of nitrogens with zero attached hydrogens (tertiary/aromatic N) is 3. The molecular formula is C18H21F3N4O3. The Morgan fingerprint density at radius 2 is 2.00 bits per heavy atom. The molecule has 0 unspecified atom stereocenters. The summed E-state index contributed by atoms with van der Waals surface area (Å²) in [6.07, 6.45) is -4.51. The highest BCUT2D eigenvalue weighted by molar-refractivity contribution is 5.93. The number of carbonyl (C=O) groups is 1. The maximum atomic E-state index is 13.2. The van der Waals surface area contributed by atoms with Gasteiger partial charge in [-0.3, -0.25) is 0 Å². The van der Waals surface area contributed by atoms with Crippen LogP contribution in [0.3, 0.4) is 0 Å². The Kier molecular flexibility index (Phi) is 5.78. The molecule has 2 aromatic rings. The highest BCUT2D eigenvalue weighted by atomic mass is 19.4. The number of aryl methyl sites for hydroxylation is 1. The van der Waals surface area contributed by atoms with Gasteiger partial charge in [-0.05, 0) is 25.1 Å². The maximum Gasteiger partial charge on any atom is 0.416 e. The van der Waals surface area contributed by atoms with E-state index in [0.29, 0.717) is 43.4 Å². The van der Waals surface area contributed by atoms with Gasteiger partial charge in [0.15, 0.2) is 0 Å². The first-order valence-corrected chi connectivity index (χ1v) is 8.72. The van der Waals surface area contributed by atoms with E-state index < -0.39 is 17.8 Å². The smallest absolute Gasteiger partial charge is 0.378 e. The third kappa shape index (κ3) is 4.75. The van der Waals surface area contributed by atoms with E-state index in [1.54, 1.807) is 13.0 Å². The molecule has 2 amide bonds. The summed E-state index contributed by atoms with van der Waals surface area (Å²) in [4.78, 5) is 15.8. The molecule has 7 nitrogen and oxygen atoms in total. The number of amides is 2. The minimum atomic E-state index is -4.51. The zero-order chi connectivity index (χ0) is 20.3. The number of aromatic nitrogens is 1. The minimum absolute atomic E-state index is 0.102. The summed E-state index contributed by atoms with van der Waals surface area (Å²) >= 11 is 0. The van der Waals surface area contributed by atoms with E-state index >= 15 is 0 Å². The largest absolute Gasteiger partial charge is 0.416 e. The topological polar surface area (TPSA) is 70.8 Å². The molecule has 1 aromatic carbocycles. The van der Waals surface area contributed by atoms with Crippen molar-refractivity contribution < 1.29 is 27.2 Å². The predicted molar refractivity (Wildman–Crippen MR) is 96.2 cm³/mol. The molecular weight excluding hydrogens is 377 g/mol. The molecule has 1 fully saturated rings. The van der Waals surface area contributed by atoms with E-state index in [4.69, 9.17) is 9.26 Å².